The minimum Gasteiger partial charge on any atom is -0.380 e. The molecule has 0 bridgehead atoms. The van der Waals surface area contributed by atoms with Crippen LogP contribution in [0.5, 0.6) is 0 Å². The zero-order valence-corrected chi connectivity index (χ0v) is 14.2. The molecule has 0 amide bonds. The van der Waals surface area contributed by atoms with E-state index in [1.54, 1.807) is 11.7 Å². The van der Waals surface area contributed by atoms with Gasteiger partial charge < -0.3 is 15.4 Å². The normalized spacial score (nSPS) is 14.6. The molecule has 0 aromatic carbocycles. The monoisotopic (exact) mass is 324 g/mol. The maximum Gasteiger partial charge on any atom is 0.345 e. The van der Waals surface area contributed by atoms with E-state index in [0.29, 0.717) is 13.2 Å². The first-order valence-corrected chi connectivity index (χ1v) is 8.45. The lowest BCUT2D eigenvalue weighted by Crippen LogP contribution is -2.39. The van der Waals surface area contributed by atoms with Crippen molar-refractivity contribution in [2.75, 3.05) is 33.4 Å². The summed E-state index contributed by atoms with van der Waals surface area (Å²) in [6.07, 6.45) is 3.94. The molecule has 1 aromatic rings. The summed E-state index contributed by atoms with van der Waals surface area (Å²) in [5.74, 6) is 1.68. The van der Waals surface area contributed by atoms with Crippen molar-refractivity contribution in [2.45, 2.75) is 45.7 Å². The van der Waals surface area contributed by atoms with Crippen LogP contribution in [-0.4, -0.2) is 53.7 Å². The summed E-state index contributed by atoms with van der Waals surface area (Å²) in [5.41, 5.74) is 0.0268. The first-order valence-electron chi connectivity index (χ1n) is 8.45. The molecule has 0 atom stereocenters. The quantitative estimate of drug-likeness (QED) is 0.398. The molecule has 0 unspecified atom stereocenters. The Morgan fingerprint density at radius 1 is 1.35 bits per heavy atom. The maximum atomic E-state index is 12.2. The van der Waals surface area contributed by atoms with Crippen LogP contribution in [0.25, 0.3) is 0 Å². The summed E-state index contributed by atoms with van der Waals surface area (Å²) in [7, 11) is 1.74. The Bertz CT molecular complexity index is 563. The molecule has 23 heavy (non-hydrogen) atoms. The highest BCUT2D eigenvalue weighted by Gasteiger charge is 2.16. The molecule has 0 radical (unpaired) electrons. The Kier molecular flexibility index (Phi) is 7.12. The number of ether oxygens (including phenoxy) is 1. The van der Waals surface area contributed by atoms with Gasteiger partial charge in [0.15, 0.2) is 5.96 Å². The van der Waals surface area contributed by atoms with Gasteiger partial charge in [0.2, 0.25) is 0 Å². The van der Waals surface area contributed by atoms with Gasteiger partial charge in [0, 0.05) is 46.3 Å². The van der Waals surface area contributed by atoms with Crippen LogP contribution < -0.4 is 16.3 Å². The minimum absolute atomic E-state index is 0.0268. The standard InChI is InChI=1S/C15H28N6O2/c1-3-23-12-9-18-14(16-2)17-8-6-11-21-15(22)20-10-5-4-7-13(20)19-21/h3-12H2,1-2H3,(H2,16,17,18). The average molecular weight is 324 g/mol. The van der Waals surface area contributed by atoms with Crippen molar-refractivity contribution in [1.29, 1.82) is 0 Å². The largest absolute Gasteiger partial charge is 0.380 e. The van der Waals surface area contributed by atoms with E-state index in [1.807, 2.05) is 11.5 Å². The van der Waals surface area contributed by atoms with Gasteiger partial charge in [-0.15, -0.1) is 0 Å². The van der Waals surface area contributed by atoms with Crippen LogP contribution in [0.15, 0.2) is 9.79 Å². The van der Waals surface area contributed by atoms with Crippen LogP contribution in [0.4, 0.5) is 0 Å². The molecule has 0 spiro atoms. The number of guanidine groups is 1. The molecule has 0 saturated carbocycles. The van der Waals surface area contributed by atoms with Gasteiger partial charge in [0.25, 0.3) is 0 Å². The summed E-state index contributed by atoms with van der Waals surface area (Å²) >= 11 is 0. The Hall–Kier alpha value is -1.83. The second kappa shape index (κ2) is 9.34. The summed E-state index contributed by atoms with van der Waals surface area (Å²) < 4.78 is 8.67. The van der Waals surface area contributed by atoms with E-state index < -0.39 is 0 Å². The second-order valence-corrected chi connectivity index (χ2v) is 5.51. The molecule has 2 rings (SSSR count). The van der Waals surface area contributed by atoms with Gasteiger partial charge in [-0.3, -0.25) is 9.56 Å². The molecule has 8 heteroatoms. The van der Waals surface area contributed by atoms with Crippen molar-refractivity contribution in [3.63, 3.8) is 0 Å². The zero-order valence-electron chi connectivity index (χ0n) is 14.2. The lowest BCUT2D eigenvalue weighted by molar-refractivity contribution is 0.152. The van der Waals surface area contributed by atoms with Crippen LogP contribution in [0.2, 0.25) is 0 Å². The van der Waals surface area contributed by atoms with Crippen molar-refractivity contribution in [3.8, 4) is 0 Å². The summed E-state index contributed by atoms with van der Waals surface area (Å²) in [6.45, 7) is 6.25. The fourth-order valence-corrected chi connectivity index (χ4v) is 2.64. The molecule has 1 aliphatic heterocycles. The van der Waals surface area contributed by atoms with Crippen molar-refractivity contribution < 1.29 is 4.74 Å². The topological polar surface area (TPSA) is 85.5 Å². The van der Waals surface area contributed by atoms with Crippen LogP contribution in [0.3, 0.4) is 0 Å². The van der Waals surface area contributed by atoms with Crippen molar-refractivity contribution in [1.82, 2.24) is 25.0 Å². The van der Waals surface area contributed by atoms with E-state index in [1.165, 1.54) is 0 Å². The van der Waals surface area contributed by atoms with Gasteiger partial charge >= 0.3 is 5.69 Å². The van der Waals surface area contributed by atoms with E-state index >= 15 is 0 Å². The smallest absolute Gasteiger partial charge is 0.345 e. The van der Waals surface area contributed by atoms with Gasteiger partial charge in [-0.1, -0.05) is 0 Å². The Morgan fingerprint density at radius 3 is 2.91 bits per heavy atom. The number of nitrogens with one attached hydrogen (secondary N) is 2. The van der Waals surface area contributed by atoms with Gasteiger partial charge in [-0.2, -0.15) is 5.10 Å². The summed E-state index contributed by atoms with van der Waals surface area (Å²) in [6, 6.07) is 0. The number of rotatable bonds is 8. The molecule has 0 aliphatic carbocycles. The fourth-order valence-electron chi connectivity index (χ4n) is 2.64. The van der Waals surface area contributed by atoms with Crippen molar-refractivity contribution in [2.24, 2.45) is 4.99 Å². The molecule has 130 valence electrons. The van der Waals surface area contributed by atoms with Gasteiger partial charge in [-0.25, -0.2) is 9.48 Å². The number of hydrogen-bond donors (Lipinski definition) is 2. The molecule has 0 fully saturated rings. The predicted octanol–water partition coefficient (Wildman–Crippen LogP) is -0.0273. The molecular weight excluding hydrogens is 296 g/mol. The molecule has 2 N–H and O–H groups in total. The highest BCUT2D eigenvalue weighted by molar-refractivity contribution is 5.79. The number of fused-ring (bicyclic) bond motifs is 1. The number of hydrogen-bond acceptors (Lipinski definition) is 4. The maximum absolute atomic E-state index is 12.2. The highest BCUT2D eigenvalue weighted by Crippen LogP contribution is 2.09. The Balaban J connectivity index is 1.70. The third kappa shape index (κ3) is 5.09. The van der Waals surface area contributed by atoms with E-state index in [2.05, 4.69) is 20.7 Å². The fraction of sp³-hybridized carbons (Fsp3) is 0.800. The molecule has 8 nitrogen and oxygen atoms in total. The Labute approximate surface area is 136 Å². The van der Waals surface area contributed by atoms with Crippen molar-refractivity contribution in [3.05, 3.63) is 16.3 Å². The SMILES string of the molecule is CCOCCNC(=NC)NCCCn1nc2n(c1=O)CCCC2. The van der Waals surface area contributed by atoms with Crippen LogP contribution in [0, 0.1) is 0 Å². The summed E-state index contributed by atoms with van der Waals surface area (Å²) in [4.78, 5) is 16.3. The molecule has 2 heterocycles. The first kappa shape index (κ1) is 17.5. The first-order chi connectivity index (χ1) is 11.3. The molecular formula is C15H28N6O2. The van der Waals surface area contributed by atoms with Crippen LogP contribution in [-0.2, 0) is 24.2 Å². The number of nitrogens with zero attached hydrogens (tertiary/aromatic N) is 4. The predicted molar refractivity (Wildman–Crippen MR) is 89.9 cm³/mol. The average Bonchev–Trinajstić information content (AvgIpc) is 2.90. The van der Waals surface area contributed by atoms with E-state index in [4.69, 9.17) is 4.74 Å². The van der Waals surface area contributed by atoms with E-state index in [-0.39, 0.29) is 5.69 Å². The van der Waals surface area contributed by atoms with Crippen LogP contribution >= 0.6 is 0 Å². The lowest BCUT2D eigenvalue weighted by atomic mass is 10.2. The van der Waals surface area contributed by atoms with Crippen LogP contribution in [0.1, 0.15) is 32.0 Å². The number of aliphatic imine (C=N–C) groups is 1. The third-order valence-electron chi connectivity index (χ3n) is 3.84. The third-order valence-corrected chi connectivity index (χ3v) is 3.84. The minimum atomic E-state index is 0.0268. The Morgan fingerprint density at radius 2 is 2.17 bits per heavy atom. The van der Waals surface area contributed by atoms with Crippen molar-refractivity contribution >= 4 is 5.96 Å². The highest BCUT2D eigenvalue weighted by atomic mass is 16.5. The summed E-state index contributed by atoms with van der Waals surface area (Å²) in [5, 5.41) is 10.8. The molecule has 1 aliphatic rings. The van der Waals surface area contributed by atoms with Gasteiger partial charge in [0.05, 0.1) is 6.61 Å². The number of aromatic nitrogens is 3. The second-order valence-electron chi connectivity index (χ2n) is 5.51. The molecule has 1 aromatic heterocycles. The number of aryl methyl sites for hydroxylation is 2. The van der Waals surface area contributed by atoms with Gasteiger partial charge in [0.1, 0.15) is 5.82 Å². The molecule has 0 saturated heterocycles. The zero-order chi connectivity index (χ0) is 16.5. The van der Waals surface area contributed by atoms with E-state index in [9.17, 15) is 4.79 Å². The lowest BCUT2D eigenvalue weighted by Gasteiger charge is -2.11. The van der Waals surface area contributed by atoms with E-state index in [0.717, 1.165) is 63.7 Å². The van der Waals surface area contributed by atoms with Gasteiger partial charge in [-0.05, 0) is 26.2 Å².